The molecular formula is C22H29NO6. The molecule has 1 N–H and O–H groups in total. The molecule has 1 atom stereocenters. The minimum Gasteiger partial charge on any atom is -0.444 e. The van der Waals surface area contributed by atoms with Gasteiger partial charge in [0.05, 0.1) is 0 Å². The quantitative estimate of drug-likeness (QED) is 0.458. The average Bonchev–Trinajstić information content (AvgIpc) is 2.57. The van der Waals surface area contributed by atoms with Gasteiger partial charge < -0.3 is 19.2 Å². The molecule has 0 spiro atoms. The highest BCUT2D eigenvalue weighted by molar-refractivity contribution is 5.86. The van der Waals surface area contributed by atoms with E-state index < -0.39 is 29.3 Å². The van der Waals surface area contributed by atoms with Crippen LogP contribution in [0.2, 0.25) is 0 Å². The summed E-state index contributed by atoms with van der Waals surface area (Å²) in [5, 5.41) is 3.36. The van der Waals surface area contributed by atoms with Gasteiger partial charge in [0.1, 0.15) is 23.0 Å². The van der Waals surface area contributed by atoms with Crippen LogP contribution in [0.5, 0.6) is 5.75 Å². The van der Waals surface area contributed by atoms with Gasteiger partial charge in [0, 0.05) is 17.5 Å². The normalized spacial score (nSPS) is 12.7. The second-order valence-electron chi connectivity index (χ2n) is 8.35. The van der Waals surface area contributed by atoms with Gasteiger partial charge in [0.15, 0.2) is 0 Å². The Bertz CT molecular complexity index is 968. The lowest BCUT2D eigenvalue weighted by atomic mass is 10.0. The van der Waals surface area contributed by atoms with E-state index in [2.05, 4.69) is 5.32 Å². The highest BCUT2D eigenvalue weighted by atomic mass is 16.6. The lowest BCUT2D eigenvalue weighted by molar-refractivity contribution is -0.138. The molecule has 0 fully saturated rings. The van der Waals surface area contributed by atoms with Crippen LogP contribution in [0.25, 0.3) is 11.0 Å². The van der Waals surface area contributed by atoms with Crippen LogP contribution in [-0.4, -0.2) is 23.7 Å². The Hall–Kier alpha value is -2.83. The number of benzene rings is 1. The van der Waals surface area contributed by atoms with Crippen molar-refractivity contribution in [3.05, 3.63) is 39.7 Å². The molecule has 7 heteroatoms. The Morgan fingerprint density at radius 1 is 1.17 bits per heavy atom. The van der Waals surface area contributed by atoms with Crippen molar-refractivity contribution >= 4 is 23.0 Å². The maximum atomic E-state index is 12.8. The van der Waals surface area contributed by atoms with Crippen molar-refractivity contribution in [1.29, 1.82) is 0 Å². The summed E-state index contributed by atoms with van der Waals surface area (Å²) in [5.74, 6) is -0.536. The number of nitrogens with one attached hydrogen (secondary N) is 1. The maximum absolute atomic E-state index is 12.8. The van der Waals surface area contributed by atoms with E-state index in [9.17, 15) is 14.4 Å². The number of carbonyl (C=O) groups is 2. The van der Waals surface area contributed by atoms with E-state index in [0.717, 1.165) is 16.5 Å². The number of fused-ring (bicyclic) bond motifs is 1. The van der Waals surface area contributed by atoms with Crippen LogP contribution in [0, 0.1) is 12.8 Å². The monoisotopic (exact) mass is 403 g/mol. The standard InChI is InChI=1S/C22H29NO6/c1-8-14-10-15-13(4)9-18(24)27-17(15)11-16(14)28-20(25)19(12(2)3)23-21(26)29-22(5,6)7/h9-12,19H,8H2,1-7H3,(H,23,26)/t19-/m0/s1. The Balaban J connectivity index is 2.32. The van der Waals surface area contributed by atoms with Crippen molar-refractivity contribution in [2.45, 2.75) is 66.5 Å². The molecule has 29 heavy (non-hydrogen) atoms. The molecule has 1 heterocycles. The molecule has 0 aliphatic rings. The fourth-order valence-corrected chi connectivity index (χ4v) is 2.87. The third kappa shape index (κ3) is 5.82. The van der Waals surface area contributed by atoms with Crippen LogP contribution < -0.4 is 15.7 Å². The van der Waals surface area contributed by atoms with Crippen molar-refractivity contribution in [1.82, 2.24) is 5.32 Å². The first-order valence-electron chi connectivity index (χ1n) is 9.70. The predicted molar refractivity (Wildman–Crippen MR) is 110 cm³/mol. The average molecular weight is 403 g/mol. The Morgan fingerprint density at radius 3 is 2.38 bits per heavy atom. The lowest BCUT2D eigenvalue weighted by Crippen LogP contribution is -2.48. The SMILES string of the molecule is CCc1cc2c(C)cc(=O)oc2cc1OC(=O)[C@@H](NC(=O)OC(C)(C)C)C(C)C. The molecule has 1 amide bonds. The highest BCUT2D eigenvalue weighted by Crippen LogP contribution is 2.28. The molecule has 0 unspecified atom stereocenters. The van der Waals surface area contributed by atoms with Crippen molar-refractivity contribution in [3.63, 3.8) is 0 Å². The molecule has 0 saturated heterocycles. The van der Waals surface area contributed by atoms with Gasteiger partial charge in [-0.2, -0.15) is 0 Å². The zero-order valence-electron chi connectivity index (χ0n) is 18.0. The summed E-state index contributed by atoms with van der Waals surface area (Å²) in [5.41, 5.74) is 0.774. The van der Waals surface area contributed by atoms with Crippen LogP contribution in [-0.2, 0) is 16.0 Å². The number of rotatable bonds is 5. The van der Waals surface area contributed by atoms with E-state index in [0.29, 0.717) is 17.8 Å². The summed E-state index contributed by atoms with van der Waals surface area (Å²) < 4.78 is 16.1. The second-order valence-corrected chi connectivity index (χ2v) is 8.35. The highest BCUT2D eigenvalue weighted by Gasteiger charge is 2.29. The summed E-state index contributed by atoms with van der Waals surface area (Å²) in [4.78, 5) is 36.6. The first kappa shape index (κ1) is 22.5. The molecule has 1 aromatic heterocycles. The fraction of sp³-hybridized carbons (Fsp3) is 0.500. The minimum absolute atomic E-state index is 0.222. The molecular weight excluding hydrogens is 374 g/mol. The molecule has 7 nitrogen and oxygen atoms in total. The van der Waals surface area contributed by atoms with E-state index in [4.69, 9.17) is 13.9 Å². The smallest absolute Gasteiger partial charge is 0.408 e. The summed E-state index contributed by atoms with van der Waals surface area (Å²) in [6.07, 6.45) is -0.0767. The van der Waals surface area contributed by atoms with E-state index in [1.54, 1.807) is 40.7 Å². The van der Waals surface area contributed by atoms with Gasteiger partial charge in [-0.25, -0.2) is 14.4 Å². The molecule has 0 saturated carbocycles. The number of ether oxygens (including phenoxy) is 2. The van der Waals surface area contributed by atoms with E-state index in [1.807, 2.05) is 19.9 Å². The second kappa shape index (κ2) is 8.68. The van der Waals surface area contributed by atoms with Crippen LogP contribution in [0.3, 0.4) is 0 Å². The Kier molecular flexibility index (Phi) is 6.72. The zero-order valence-corrected chi connectivity index (χ0v) is 18.0. The van der Waals surface area contributed by atoms with Gasteiger partial charge in [0.25, 0.3) is 0 Å². The number of carbonyl (C=O) groups excluding carboxylic acids is 2. The third-order valence-corrected chi connectivity index (χ3v) is 4.32. The molecule has 1 aromatic carbocycles. The molecule has 0 aliphatic heterocycles. The number of hydrogen-bond donors (Lipinski definition) is 1. The van der Waals surface area contributed by atoms with Crippen LogP contribution in [0.1, 0.15) is 52.7 Å². The van der Waals surface area contributed by atoms with Gasteiger partial charge in [-0.15, -0.1) is 0 Å². The molecule has 158 valence electrons. The Morgan fingerprint density at radius 2 is 1.83 bits per heavy atom. The third-order valence-electron chi connectivity index (χ3n) is 4.32. The summed E-state index contributed by atoms with van der Waals surface area (Å²) >= 11 is 0. The largest absolute Gasteiger partial charge is 0.444 e. The van der Waals surface area contributed by atoms with Crippen molar-refractivity contribution in [3.8, 4) is 5.75 Å². The van der Waals surface area contributed by atoms with Crippen LogP contribution >= 0.6 is 0 Å². The lowest BCUT2D eigenvalue weighted by Gasteiger charge is -2.25. The van der Waals surface area contributed by atoms with Gasteiger partial charge in [-0.1, -0.05) is 20.8 Å². The number of hydrogen-bond acceptors (Lipinski definition) is 6. The first-order valence-corrected chi connectivity index (χ1v) is 9.70. The maximum Gasteiger partial charge on any atom is 0.408 e. The Labute approximate surface area is 170 Å². The van der Waals surface area contributed by atoms with Crippen molar-refractivity contribution in [2.75, 3.05) is 0 Å². The van der Waals surface area contributed by atoms with E-state index in [-0.39, 0.29) is 5.92 Å². The van der Waals surface area contributed by atoms with Crippen molar-refractivity contribution in [2.24, 2.45) is 5.92 Å². The van der Waals surface area contributed by atoms with Crippen molar-refractivity contribution < 1.29 is 23.5 Å². The number of esters is 1. The molecule has 2 aromatic rings. The van der Waals surface area contributed by atoms with E-state index in [1.165, 1.54) is 6.07 Å². The fourth-order valence-electron chi connectivity index (χ4n) is 2.87. The topological polar surface area (TPSA) is 94.8 Å². The molecule has 0 radical (unpaired) electrons. The van der Waals surface area contributed by atoms with Crippen LogP contribution in [0.4, 0.5) is 4.79 Å². The molecule has 2 rings (SSSR count). The summed E-state index contributed by atoms with van der Waals surface area (Å²) in [6.45, 7) is 12.6. The van der Waals surface area contributed by atoms with E-state index >= 15 is 0 Å². The predicted octanol–water partition coefficient (Wildman–Crippen LogP) is 4.12. The first-order chi connectivity index (χ1) is 13.4. The number of aryl methyl sites for hydroxylation is 2. The summed E-state index contributed by atoms with van der Waals surface area (Å²) in [7, 11) is 0. The number of alkyl carbamates (subject to hydrolysis) is 1. The van der Waals surface area contributed by atoms with Gasteiger partial charge in [0.2, 0.25) is 0 Å². The zero-order chi connectivity index (χ0) is 21.9. The number of amides is 1. The molecule has 0 bridgehead atoms. The van der Waals surface area contributed by atoms with Gasteiger partial charge in [-0.3, -0.25) is 0 Å². The van der Waals surface area contributed by atoms with Crippen LogP contribution in [0.15, 0.2) is 27.4 Å². The molecule has 0 aliphatic carbocycles. The van der Waals surface area contributed by atoms with Gasteiger partial charge >= 0.3 is 17.7 Å². The summed E-state index contributed by atoms with van der Waals surface area (Å²) in [6, 6.07) is 3.93. The minimum atomic E-state index is -0.894. The van der Waals surface area contributed by atoms with Gasteiger partial charge in [-0.05, 0) is 57.2 Å².